The minimum Gasteiger partial charge on any atom is -0.544 e. The standard InChI is InChI=1S/C16H29NO5.K/c1-4-5-6-7-8-9-10-17(11-12-18,13(2)15(19)20)14(3)16(21)22;/h7-8,13-14,18H,4-6,9-12H2,1-3H3,(H-,19,20,21,22);/q;+1/b8-7+;. The Bertz CT molecular complexity index is 367. The third kappa shape index (κ3) is 8.24. The number of carboxylic acids is 2. The molecule has 3 atom stereocenters. The first kappa shape index (κ1) is 25.5. The molecule has 0 aliphatic rings. The molecule has 0 spiro atoms. The molecule has 0 aromatic carbocycles. The van der Waals surface area contributed by atoms with E-state index < -0.39 is 24.0 Å². The minimum absolute atomic E-state index is 0. The fraction of sp³-hybridized carbons (Fsp3) is 0.750. The van der Waals surface area contributed by atoms with Crippen LogP contribution in [0.4, 0.5) is 0 Å². The fourth-order valence-corrected chi connectivity index (χ4v) is 2.71. The molecule has 0 bridgehead atoms. The van der Waals surface area contributed by atoms with Crippen LogP contribution in [0.25, 0.3) is 0 Å². The van der Waals surface area contributed by atoms with Crippen LogP contribution in [0.5, 0.6) is 0 Å². The molecule has 0 heterocycles. The zero-order valence-corrected chi connectivity index (χ0v) is 17.9. The van der Waals surface area contributed by atoms with E-state index in [0.717, 1.165) is 19.3 Å². The summed E-state index contributed by atoms with van der Waals surface area (Å²) in [5.74, 6) is -2.37. The summed E-state index contributed by atoms with van der Waals surface area (Å²) in [6, 6.07) is -1.92. The SMILES string of the molecule is CCCC/C=C/CC[N+](CCO)(C(C)C(=O)[O-])C(C)C(=O)O.[K+]. The maximum Gasteiger partial charge on any atom is 1.00 e. The van der Waals surface area contributed by atoms with Gasteiger partial charge < -0.3 is 24.6 Å². The number of aliphatic carboxylic acids is 2. The van der Waals surface area contributed by atoms with Gasteiger partial charge in [-0.3, -0.25) is 0 Å². The van der Waals surface area contributed by atoms with E-state index in [1.165, 1.54) is 13.8 Å². The van der Waals surface area contributed by atoms with Gasteiger partial charge in [0.05, 0.1) is 19.1 Å². The van der Waals surface area contributed by atoms with Gasteiger partial charge in [0.15, 0.2) is 6.04 Å². The number of aliphatic hydroxyl groups is 1. The number of carboxylic acid groups (broad SMARTS) is 2. The van der Waals surface area contributed by atoms with Gasteiger partial charge in [0, 0.05) is 6.42 Å². The van der Waals surface area contributed by atoms with Crippen LogP contribution >= 0.6 is 0 Å². The maximum atomic E-state index is 11.4. The van der Waals surface area contributed by atoms with E-state index in [1.807, 2.05) is 12.2 Å². The molecule has 0 aliphatic heterocycles. The third-order valence-electron chi connectivity index (χ3n) is 4.36. The normalized spacial score (nSPS) is 16.3. The quantitative estimate of drug-likeness (QED) is 0.175. The average Bonchev–Trinajstić information content (AvgIpc) is 2.47. The second-order valence-electron chi connectivity index (χ2n) is 5.69. The van der Waals surface area contributed by atoms with Crippen molar-refractivity contribution in [3.8, 4) is 0 Å². The van der Waals surface area contributed by atoms with Gasteiger partial charge in [0.2, 0.25) is 0 Å². The van der Waals surface area contributed by atoms with E-state index >= 15 is 0 Å². The smallest absolute Gasteiger partial charge is 0.544 e. The second kappa shape index (κ2) is 13.5. The third-order valence-corrected chi connectivity index (χ3v) is 4.36. The number of carbonyl (C=O) groups excluding carboxylic acids is 1. The van der Waals surface area contributed by atoms with Crippen LogP contribution in [0.2, 0.25) is 0 Å². The van der Waals surface area contributed by atoms with Crippen LogP contribution in [0.1, 0.15) is 46.5 Å². The summed E-state index contributed by atoms with van der Waals surface area (Å²) in [6.45, 7) is 5.18. The molecule has 6 nitrogen and oxygen atoms in total. The Kier molecular flexibility index (Phi) is 15.0. The minimum atomic E-state index is -1.29. The largest absolute Gasteiger partial charge is 1.00 e. The van der Waals surface area contributed by atoms with Crippen molar-refractivity contribution in [1.82, 2.24) is 0 Å². The predicted molar refractivity (Wildman–Crippen MR) is 81.9 cm³/mol. The Morgan fingerprint density at radius 3 is 2.13 bits per heavy atom. The Balaban J connectivity index is 0. The van der Waals surface area contributed by atoms with Gasteiger partial charge in [-0.25, -0.2) is 4.79 Å². The van der Waals surface area contributed by atoms with Gasteiger partial charge in [0.25, 0.3) is 0 Å². The van der Waals surface area contributed by atoms with Crippen LogP contribution in [0.15, 0.2) is 12.2 Å². The predicted octanol–water partition coefficient (Wildman–Crippen LogP) is -2.45. The fourth-order valence-electron chi connectivity index (χ4n) is 2.71. The van der Waals surface area contributed by atoms with Crippen molar-refractivity contribution in [3.63, 3.8) is 0 Å². The molecule has 0 aromatic heterocycles. The van der Waals surface area contributed by atoms with E-state index in [4.69, 9.17) is 0 Å². The number of allylic oxidation sites excluding steroid dienone is 1. The van der Waals surface area contributed by atoms with E-state index in [0.29, 0.717) is 13.0 Å². The molecule has 0 rings (SSSR count). The summed E-state index contributed by atoms with van der Waals surface area (Å²) in [4.78, 5) is 22.7. The Morgan fingerprint density at radius 2 is 1.70 bits per heavy atom. The van der Waals surface area contributed by atoms with Crippen molar-refractivity contribution in [2.24, 2.45) is 0 Å². The summed E-state index contributed by atoms with van der Waals surface area (Å²) < 4.78 is -0.216. The van der Waals surface area contributed by atoms with Crippen LogP contribution in [-0.2, 0) is 9.59 Å². The molecule has 0 radical (unpaired) electrons. The van der Waals surface area contributed by atoms with E-state index in [1.54, 1.807) is 0 Å². The molecule has 2 N–H and O–H groups in total. The van der Waals surface area contributed by atoms with Gasteiger partial charge in [-0.15, -0.1) is 0 Å². The first-order chi connectivity index (χ1) is 10.3. The summed E-state index contributed by atoms with van der Waals surface area (Å²) in [6.07, 6.45) is 7.71. The Hall–Kier alpha value is 0.236. The molecule has 0 aliphatic carbocycles. The topological polar surface area (TPSA) is 97.7 Å². The number of quaternary nitrogens is 1. The summed E-state index contributed by atoms with van der Waals surface area (Å²) in [7, 11) is 0. The van der Waals surface area contributed by atoms with E-state index in [-0.39, 0.29) is 69.0 Å². The van der Waals surface area contributed by atoms with Gasteiger partial charge in [-0.1, -0.05) is 31.9 Å². The number of nitrogens with zero attached hydrogens (tertiary/aromatic N) is 1. The molecule has 0 amide bonds. The van der Waals surface area contributed by atoms with Gasteiger partial charge in [0.1, 0.15) is 12.6 Å². The van der Waals surface area contributed by atoms with Gasteiger partial charge in [-0.2, -0.15) is 0 Å². The first-order valence-corrected chi connectivity index (χ1v) is 7.89. The van der Waals surface area contributed by atoms with Crippen LogP contribution in [0, 0.1) is 0 Å². The van der Waals surface area contributed by atoms with Crippen LogP contribution in [-0.4, -0.2) is 58.4 Å². The molecule has 128 valence electrons. The zero-order chi connectivity index (χ0) is 17.2. The van der Waals surface area contributed by atoms with E-state index in [2.05, 4.69) is 6.92 Å². The molecule has 7 heteroatoms. The van der Waals surface area contributed by atoms with Crippen molar-refractivity contribution in [2.75, 3.05) is 19.7 Å². The van der Waals surface area contributed by atoms with Gasteiger partial charge in [-0.05, 0) is 20.3 Å². The Morgan fingerprint density at radius 1 is 1.13 bits per heavy atom. The maximum absolute atomic E-state index is 11.4. The second-order valence-corrected chi connectivity index (χ2v) is 5.69. The summed E-state index contributed by atoms with van der Waals surface area (Å²) in [5, 5.41) is 29.9. The molecular formula is C16H29KNO5+. The number of hydrogen-bond donors (Lipinski definition) is 2. The number of hydrogen-bond acceptors (Lipinski definition) is 4. The van der Waals surface area contributed by atoms with Crippen molar-refractivity contribution < 1.29 is 80.8 Å². The monoisotopic (exact) mass is 354 g/mol. The average molecular weight is 355 g/mol. The number of unbranched alkanes of at least 4 members (excludes halogenated alkanes) is 2. The molecule has 0 saturated heterocycles. The first-order valence-electron chi connectivity index (χ1n) is 7.89. The molecule has 23 heavy (non-hydrogen) atoms. The number of aliphatic hydroxyl groups excluding tert-OH is 1. The molecule has 0 saturated carbocycles. The van der Waals surface area contributed by atoms with Crippen molar-refractivity contribution in [2.45, 2.75) is 58.5 Å². The molecular weight excluding hydrogens is 325 g/mol. The van der Waals surface area contributed by atoms with Crippen molar-refractivity contribution >= 4 is 11.9 Å². The molecule has 0 aromatic rings. The zero-order valence-electron chi connectivity index (χ0n) is 14.8. The van der Waals surface area contributed by atoms with E-state index in [9.17, 15) is 24.9 Å². The number of rotatable bonds is 12. The van der Waals surface area contributed by atoms with Crippen LogP contribution in [0.3, 0.4) is 0 Å². The van der Waals surface area contributed by atoms with Crippen molar-refractivity contribution in [3.05, 3.63) is 12.2 Å². The van der Waals surface area contributed by atoms with Crippen LogP contribution < -0.4 is 56.5 Å². The molecule has 3 unspecified atom stereocenters. The Labute approximate surface area is 181 Å². The summed E-state index contributed by atoms with van der Waals surface area (Å²) >= 11 is 0. The van der Waals surface area contributed by atoms with Gasteiger partial charge >= 0.3 is 57.4 Å². The summed E-state index contributed by atoms with van der Waals surface area (Å²) in [5.41, 5.74) is 0. The molecule has 0 fully saturated rings. The number of carbonyl (C=O) groups is 2. The van der Waals surface area contributed by atoms with Crippen molar-refractivity contribution in [1.29, 1.82) is 0 Å².